The van der Waals surface area contributed by atoms with Gasteiger partial charge in [-0.05, 0) is 6.07 Å². The van der Waals surface area contributed by atoms with Gasteiger partial charge in [-0.15, -0.1) is 0 Å². The Balaban J connectivity index is 2.04. The Hall–Kier alpha value is -0.930. The molecule has 1 saturated heterocycles. The van der Waals surface area contributed by atoms with E-state index in [2.05, 4.69) is 4.90 Å². The van der Waals surface area contributed by atoms with Crippen LogP contribution in [0, 0.1) is 5.82 Å². The number of hydrogen-bond donors (Lipinski definition) is 0. The van der Waals surface area contributed by atoms with Crippen molar-refractivity contribution >= 4 is 0 Å². The Morgan fingerprint density at radius 2 is 2.23 bits per heavy atom. The van der Waals surface area contributed by atoms with E-state index in [9.17, 15) is 4.39 Å². The monoisotopic (exact) mass is 181 g/mol. The number of ether oxygens (including phenoxy) is 1. The molecular weight excluding hydrogens is 169 g/mol. The molecule has 13 heavy (non-hydrogen) atoms. The van der Waals surface area contributed by atoms with Crippen molar-refractivity contribution in [1.29, 1.82) is 0 Å². The Labute approximate surface area is 76.9 Å². The van der Waals surface area contributed by atoms with Crippen LogP contribution in [0.15, 0.2) is 24.3 Å². The van der Waals surface area contributed by atoms with Gasteiger partial charge < -0.3 is 4.74 Å². The van der Waals surface area contributed by atoms with E-state index in [1.165, 1.54) is 6.07 Å². The highest BCUT2D eigenvalue weighted by Crippen LogP contribution is 2.11. The summed E-state index contributed by atoms with van der Waals surface area (Å²) in [5.74, 6) is -0.130. The van der Waals surface area contributed by atoms with Gasteiger partial charge in [-0.2, -0.15) is 0 Å². The third-order valence-corrected chi connectivity index (χ3v) is 2.18. The van der Waals surface area contributed by atoms with Crippen molar-refractivity contribution in [2.45, 2.75) is 6.54 Å². The van der Waals surface area contributed by atoms with Gasteiger partial charge in [-0.1, -0.05) is 18.2 Å². The van der Waals surface area contributed by atoms with Crippen molar-refractivity contribution in [2.75, 3.05) is 19.9 Å². The van der Waals surface area contributed by atoms with Gasteiger partial charge in [-0.3, -0.25) is 4.90 Å². The lowest BCUT2D eigenvalue weighted by molar-refractivity contribution is 0.136. The van der Waals surface area contributed by atoms with Crippen LogP contribution in [0.4, 0.5) is 4.39 Å². The summed E-state index contributed by atoms with van der Waals surface area (Å²) in [6.07, 6.45) is 0. The third-order valence-electron chi connectivity index (χ3n) is 2.18. The predicted octanol–water partition coefficient (Wildman–Crippen LogP) is 1.62. The van der Waals surface area contributed by atoms with Crippen molar-refractivity contribution in [1.82, 2.24) is 4.90 Å². The van der Waals surface area contributed by atoms with Crippen molar-refractivity contribution in [3.8, 4) is 0 Å². The van der Waals surface area contributed by atoms with E-state index < -0.39 is 0 Å². The van der Waals surface area contributed by atoms with Crippen LogP contribution in [-0.2, 0) is 11.3 Å². The first-order valence-corrected chi connectivity index (χ1v) is 4.40. The molecule has 0 unspecified atom stereocenters. The maximum atomic E-state index is 13.2. The molecule has 0 atom stereocenters. The first-order valence-electron chi connectivity index (χ1n) is 4.40. The fourth-order valence-corrected chi connectivity index (χ4v) is 1.44. The average Bonchev–Trinajstić information content (AvgIpc) is 2.61. The molecule has 0 aromatic heterocycles. The lowest BCUT2D eigenvalue weighted by Crippen LogP contribution is -2.19. The second kappa shape index (κ2) is 3.85. The molecule has 0 bridgehead atoms. The summed E-state index contributed by atoms with van der Waals surface area (Å²) in [4.78, 5) is 2.08. The second-order valence-electron chi connectivity index (χ2n) is 3.18. The van der Waals surface area contributed by atoms with Crippen molar-refractivity contribution in [3.05, 3.63) is 35.6 Å². The number of benzene rings is 1. The van der Waals surface area contributed by atoms with Crippen LogP contribution in [0.2, 0.25) is 0 Å². The lowest BCUT2D eigenvalue weighted by atomic mass is 10.2. The molecule has 1 heterocycles. The minimum Gasteiger partial charge on any atom is -0.365 e. The Morgan fingerprint density at radius 1 is 1.38 bits per heavy atom. The quantitative estimate of drug-likeness (QED) is 0.687. The normalized spacial score (nSPS) is 17.9. The van der Waals surface area contributed by atoms with Gasteiger partial charge in [0.05, 0.1) is 13.3 Å². The van der Waals surface area contributed by atoms with Gasteiger partial charge >= 0.3 is 0 Å². The highest BCUT2D eigenvalue weighted by atomic mass is 19.1. The fourth-order valence-electron chi connectivity index (χ4n) is 1.44. The molecule has 0 amide bonds. The minimum atomic E-state index is -0.130. The van der Waals surface area contributed by atoms with E-state index >= 15 is 0 Å². The average molecular weight is 181 g/mol. The molecule has 0 N–H and O–H groups in total. The van der Waals surface area contributed by atoms with Crippen LogP contribution >= 0.6 is 0 Å². The molecule has 1 aromatic rings. The van der Waals surface area contributed by atoms with Gasteiger partial charge in [0.1, 0.15) is 5.82 Å². The number of halogens is 1. The lowest BCUT2D eigenvalue weighted by Gasteiger charge is -2.12. The van der Waals surface area contributed by atoms with Gasteiger partial charge in [0.2, 0.25) is 0 Å². The van der Waals surface area contributed by atoms with Crippen LogP contribution in [0.3, 0.4) is 0 Å². The Kier molecular flexibility index (Phi) is 2.57. The standard InChI is InChI=1S/C10H12FNO/c11-10-4-2-1-3-9(10)7-12-5-6-13-8-12/h1-4H,5-8H2. The van der Waals surface area contributed by atoms with Crippen LogP contribution in [0.5, 0.6) is 0 Å². The Morgan fingerprint density at radius 3 is 2.92 bits per heavy atom. The van der Waals surface area contributed by atoms with E-state index in [4.69, 9.17) is 4.74 Å². The summed E-state index contributed by atoms with van der Waals surface area (Å²) in [5, 5.41) is 0. The maximum absolute atomic E-state index is 13.2. The van der Waals surface area contributed by atoms with E-state index in [-0.39, 0.29) is 5.82 Å². The topological polar surface area (TPSA) is 12.5 Å². The first-order chi connectivity index (χ1) is 6.36. The zero-order valence-corrected chi connectivity index (χ0v) is 7.37. The third kappa shape index (κ3) is 2.05. The molecule has 0 saturated carbocycles. The fraction of sp³-hybridized carbons (Fsp3) is 0.400. The van der Waals surface area contributed by atoms with Crippen molar-refractivity contribution in [2.24, 2.45) is 0 Å². The summed E-state index contributed by atoms with van der Waals surface area (Å²) >= 11 is 0. The van der Waals surface area contributed by atoms with Gasteiger partial charge in [-0.25, -0.2) is 4.39 Å². The number of nitrogens with zero attached hydrogens (tertiary/aromatic N) is 1. The second-order valence-corrected chi connectivity index (χ2v) is 3.18. The largest absolute Gasteiger partial charge is 0.365 e. The molecule has 2 rings (SSSR count). The van der Waals surface area contributed by atoms with Gasteiger partial charge in [0.25, 0.3) is 0 Å². The zero-order valence-electron chi connectivity index (χ0n) is 7.37. The van der Waals surface area contributed by atoms with Crippen LogP contribution in [0.1, 0.15) is 5.56 Å². The first kappa shape index (κ1) is 8.66. The highest BCUT2D eigenvalue weighted by molar-refractivity contribution is 5.17. The van der Waals surface area contributed by atoms with Crippen LogP contribution in [0.25, 0.3) is 0 Å². The maximum Gasteiger partial charge on any atom is 0.127 e. The smallest absolute Gasteiger partial charge is 0.127 e. The molecule has 1 aliphatic heterocycles. The SMILES string of the molecule is Fc1ccccc1CN1CCOC1. The van der Waals surface area contributed by atoms with Crippen LogP contribution < -0.4 is 0 Å². The van der Waals surface area contributed by atoms with Gasteiger partial charge in [0, 0.05) is 18.7 Å². The van der Waals surface area contributed by atoms with Crippen LogP contribution in [-0.4, -0.2) is 24.8 Å². The molecule has 70 valence electrons. The highest BCUT2D eigenvalue weighted by Gasteiger charge is 2.13. The van der Waals surface area contributed by atoms with Crippen molar-refractivity contribution in [3.63, 3.8) is 0 Å². The number of rotatable bonds is 2. The molecule has 0 radical (unpaired) electrons. The Bertz CT molecular complexity index is 284. The molecule has 0 spiro atoms. The molecule has 0 aliphatic carbocycles. The summed E-state index contributed by atoms with van der Waals surface area (Å²) < 4.78 is 18.3. The summed E-state index contributed by atoms with van der Waals surface area (Å²) in [7, 11) is 0. The predicted molar refractivity (Wildman–Crippen MR) is 47.6 cm³/mol. The molecule has 2 nitrogen and oxygen atoms in total. The van der Waals surface area contributed by atoms with E-state index in [1.807, 2.05) is 12.1 Å². The van der Waals surface area contributed by atoms with Crippen molar-refractivity contribution < 1.29 is 9.13 Å². The van der Waals surface area contributed by atoms with Gasteiger partial charge in [0.15, 0.2) is 0 Å². The summed E-state index contributed by atoms with van der Waals surface area (Å²) in [5.41, 5.74) is 0.744. The zero-order chi connectivity index (χ0) is 9.10. The minimum absolute atomic E-state index is 0.130. The molecule has 1 fully saturated rings. The van der Waals surface area contributed by atoms with E-state index in [1.54, 1.807) is 6.07 Å². The molecule has 1 aliphatic rings. The molecular formula is C10H12FNO. The summed E-state index contributed by atoms with van der Waals surface area (Å²) in [6.45, 7) is 2.92. The van der Waals surface area contributed by atoms with E-state index in [0.717, 1.165) is 18.7 Å². The molecule has 1 aromatic carbocycles. The molecule has 3 heteroatoms. The summed E-state index contributed by atoms with van der Waals surface area (Å²) in [6, 6.07) is 6.87. The number of hydrogen-bond acceptors (Lipinski definition) is 2. The van der Waals surface area contributed by atoms with E-state index in [0.29, 0.717) is 13.3 Å².